The van der Waals surface area contributed by atoms with Crippen molar-refractivity contribution in [3.63, 3.8) is 0 Å². The lowest BCUT2D eigenvalue weighted by molar-refractivity contribution is -0.0399. The summed E-state index contributed by atoms with van der Waals surface area (Å²) in [6.45, 7) is 0. The summed E-state index contributed by atoms with van der Waals surface area (Å²) in [6, 6.07) is 60.3. The molecule has 0 atom stereocenters. The lowest BCUT2D eigenvalue weighted by Crippen LogP contribution is -2.55. The first-order valence-electron chi connectivity index (χ1n) is 24.6. The average Bonchev–Trinajstić information content (AvgIpc) is 3.65. The number of rotatable bonds is 6. The first-order chi connectivity index (χ1) is 32.3. The molecule has 0 aliphatic heterocycles. The van der Waals surface area contributed by atoms with Gasteiger partial charge in [0.2, 0.25) is 0 Å². The van der Waals surface area contributed by atoms with Crippen molar-refractivity contribution in [2.75, 3.05) is 4.90 Å². The molecule has 5 aliphatic rings. The van der Waals surface area contributed by atoms with Crippen molar-refractivity contribution in [3.05, 3.63) is 211 Å². The van der Waals surface area contributed by atoms with Gasteiger partial charge in [0.1, 0.15) is 0 Å². The van der Waals surface area contributed by atoms with Gasteiger partial charge in [0.15, 0.2) is 0 Å². The summed E-state index contributed by atoms with van der Waals surface area (Å²) in [7, 11) is 0. The van der Waals surface area contributed by atoms with Crippen LogP contribution in [0.4, 0.5) is 17.1 Å². The van der Waals surface area contributed by atoms with Gasteiger partial charge in [-0.2, -0.15) is 0 Å². The smallest absolute Gasteiger partial charge is 0.0629 e. The van der Waals surface area contributed by atoms with Crippen molar-refractivity contribution in [1.29, 1.82) is 0 Å². The SMILES string of the molecule is [2H]c1c([2H])c([2H])c(-c2ccc(N(c3ccccc3)c3ccc(-c4cc(-c5cccc6ccccc56)c5c(c4)C4(c6ccccc6-5)C5CC6CC(C5)CC4C6)c4ccccc34)cc2)c([2H])c1[2H]. The normalized spacial score (nSPS) is 23.0. The molecule has 14 rings (SSSR count). The largest absolute Gasteiger partial charge is 0.310 e. The van der Waals surface area contributed by atoms with Gasteiger partial charge in [0.25, 0.3) is 0 Å². The van der Waals surface area contributed by atoms with Gasteiger partial charge in [0.05, 0.1) is 12.5 Å². The molecule has 61 heavy (non-hydrogen) atoms. The predicted molar refractivity (Wildman–Crippen MR) is 256 cm³/mol. The van der Waals surface area contributed by atoms with Crippen LogP contribution in [0.25, 0.3) is 66.1 Å². The van der Waals surface area contributed by atoms with E-state index in [9.17, 15) is 0 Å². The van der Waals surface area contributed by atoms with E-state index in [1.807, 2.05) is 30.3 Å². The van der Waals surface area contributed by atoms with Crippen LogP contribution in [-0.4, -0.2) is 0 Å². The van der Waals surface area contributed by atoms with Gasteiger partial charge in [-0.15, -0.1) is 0 Å². The second-order valence-electron chi connectivity index (χ2n) is 18.1. The minimum Gasteiger partial charge on any atom is -0.310 e. The highest BCUT2D eigenvalue weighted by molar-refractivity contribution is 6.09. The monoisotopic (exact) mass is 786 g/mol. The minimum absolute atomic E-state index is 0.00409. The standard InChI is InChI=1S/C60H47N/c1-3-14-41(15-4-1)42-26-28-48(29-27-42)61(47-18-5-2-6-19-47)58-31-30-50(51-21-9-10-22-53(51)58)44-37-55(52-24-13-17-43-16-7-8-20-49(43)52)59-54-23-11-12-25-56(54)60(57(59)38-44)45-33-39-32-40(35-45)36-46(60)34-39/h1-31,37-40,45-46H,32-36H2/i1D,3D,4D,14D,15D. The minimum atomic E-state index is -0.391. The zero-order valence-corrected chi connectivity index (χ0v) is 34.0. The summed E-state index contributed by atoms with van der Waals surface area (Å²) in [5.74, 6) is 2.97. The second kappa shape index (κ2) is 13.7. The highest BCUT2D eigenvalue weighted by Crippen LogP contribution is 2.70. The molecular weight excluding hydrogens is 735 g/mol. The molecule has 0 aromatic heterocycles. The Bertz CT molecular complexity index is 3390. The Kier molecular flexibility index (Phi) is 6.80. The molecule has 1 spiro atoms. The molecule has 5 aliphatic carbocycles. The molecule has 4 bridgehead atoms. The summed E-state index contributed by atoms with van der Waals surface area (Å²) in [5.41, 5.74) is 14.7. The second-order valence-corrected chi connectivity index (χ2v) is 18.1. The predicted octanol–water partition coefficient (Wildman–Crippen LogP) is 16.2. The van der Waals surface area contributed by atoms with Gasteiger partial charge < -0.3 is 4.90 Å². The van der Waals surface area contributed by atoms with E-state index < -0.39 is 6.04 Å². The van der Waals surface area contributed by atoms with Crippen LogP contribution in [0.3, 0.4) is 0 Å². The van der Waals surface area contributed by atoms with Crippen LogP contribution < -0.4 is 4.90 Å². The maximum Gasteiger partial charge on any atom is 0.0629 e. The Morgan fingerprint density at radius 3 is 1.85 bits per heavy atom. The summed E-state index contributed by atoms with van der Waals surface area (Å²) >= 11 is 0. The summed E-state index contributed by atoms with van der Waals surface area (Å²) < 4.78 is 42.0. The number of hydrogen-bond donors (Lipinski definition) is 0. The first kappa shape index (κ1) is 30.3. The Labute approximate surface area is 366 Å². The molecule has 0 amide bonds. The molecule has 4 saturated carbocycles. The maximum absolute atomic E-state index is 8.65. The van der Waals surface area contributed by atoms with Gasteiger partial charge in [-0.05, 0) is 170 Å². The van der Waals surface area contributed by atoms with E-state index in [1.54, 1.807) is 5.56 Å². The molecule has 9 aromatic rings. The molecule has 1 heteroatoms. The number of para-hydroxylation sites is 1. The van der Waals surface area contributed by atoms with E-state index in [1.165, 1.54) is 87.2 Å². The maximum atomic E-state index is 8.65. The summed E-state index contributed by atoms with van der Waals surface area (Å²) in [6.07, 6.45) is 6.71. The fraction of sp³-hybridized carbons (Fsp3) is 0.167. The highest BCUT2D eigenvalue weighted by atomic mass is 15.1. The third-order valence-electron chi connectivity index (χ3n) is 15.1. The number of nitrogens with zero attached hydrogens (tertiary/aromatic N) is 1. The zero-order chi connectivity index (χ0) is 44.4. The number of anilines is 3. The zero-order valence-electron chi connectivity index (χ0n) is 39.0. The van der Waals surface area contributed by atoms with Crippen molar-refractivity contribution >= 4 is 38.6 Å². The molecular formula is C60H47N. The molecule has 4 fully saturated rings. The Hall–Kier alpha value is -6.70. The molecule has 1 nitrogen and oxygen atoms in total. The van der Waals surface area contributed by atoms with E-state index in [2.05, 4.69) is 144 Å². The number of fused-ring (bicyclic) bond motifs is 5. The van der Waals surface area contributed by atoms with Crippen LogP contribution >= 0.6 is 0 Å². The molecule has 292 valence electrons. The quantitative estimate of drug-likeness (QED) is 0.162. The molecule has 0 saturated heterocycles. The summed E-state index contributed by atoms with van der Waals surface area (Å²) in [4.78, 5) is 2.27. The third kappa shape index (κ3) is 5.26. The highest BCUT2D eigenvalue weighted by Gasteiger charge is 2.61. The fourth-order valence-electron chi connectivity index (χ4n) is 13.0. The number of benzene rings is 9. The van der Waals surface area contributed by atoms with Gasteiger partial charge in [-0.3, -0.25) is 0 Å². The van der Waals surface area contributed by atoms with E-state index in [0.29, 0.717) is 17.4 Å². The van der Waals surface area contributed by atoms with E-state index in [4.69, 9.17) is 6.85 Å². The average molecular weight is 787 g/mol. The molecule has 0 heterocycles. The molecule has 9 aromatic carbocycles. The van der Waals surface area contributed by atoms with E-state index >= 15 is 0 Å². The van der Waals surface area contributed by atoms with Crippen LogP contribution in [0.2, 0.25) is 0 Å². The van der Waals surface area contributed by atoms with Gasteiger partial charge in [-0.1, -0.05) is 158 Å². The van der Waals surface area contributed by atoms with Crippen molar-refractivity contribution in [2.24, 2.45) is 23.7 Å². The summed E-state index contributed by atoms with van der Waals surface area (Å²) in [5, 5.41) is 4.82. The lowest BCUT2D eigenvalue weighted by atomic mass is 9.43. The van der Waals surface area contributed by atoms with Gasteiger partial charge in [0, 0.05) is 22.2 Å². The topological polar surface area (TPSA) is 3.24 Å². The van der Waals surface area contributed by atoms with E-state index in [-0.39, 0.29) is 35.1 Å². The van der Waals surface area contributed by atoms with Crippen LogP contribution in [0.5, 0.6) is 0 Å². The van der Waals surface area contributed by atoms with Crippen LogP contribution in [-0.2, 0) is 5.41 Å². The first-order valence-corrected chi connectivity index (χ1v) is 22.1. The Balaban J connectivity index is 1.03. The van der Waals surface area contributed by atoms with E-state index in [0.717, 1.165) is 34.3 Å². The van der Waals surface area contributed by atoms with Crippen LogP contribution in [0.15, 0.2) is 200 Å². The van der Waals surface area contributed by atoms with Crippen molar-refractivity contribution < 1.29 is 6.85 Å². The molecule has 0 N–H and O–H groups in total. The Morgan fingerprint density at radius 2 is 1.07 bits per heavy atom. The van der Waals surface area contributed by atoms with Crippen LogP contribution in [0.1, 0.15) is 50.1 Å². The molecule has 0 radical (unpaired) electrons. The Morgan fingerprint density at radius 1 is 0.426 bits per heavy atom. The van der Waals surface area contributed by atoms with Crippen molar-refractivity contribution in [1.82, 2.24) is 0 Å². The van der Waals surface area contributed by atoms with Gasteiger partial charge >= 0.3 is 0 Å². The van der Waals surface area contributed by atoms with Crippen molar-refractivity contribution in [3.8, 4) is 44.5 Å². The molecule has 0 unspecified atom stereocenters. The number of hydrogen-bond acceptors (Lipinski definition) is 1. The lowest BCUT2D eigenvalue weighted by Gasteiger charge is -2.61. The fourth-order valence-corrected chi connectivity index (χ4v) is 13.0. The third-order valence-corrected chi connectivity index (χ3v) is 15.1. The van der Waals surface area contributed by atoms with Crippen molar-refractivity contribution in [2.45, 2.75) is 37.5 Å². The van der Waals surface area contributed by atoms with Crippen LogP contribution in [0, 0.1) is 23.7 Å². The van der Waals surface area contributed by atoms with Gasteiger partial charge in [-0.25, -0.2) is 0 Å².